The summed E-state index contributed by atoms with van der Waals surface area (Å²) in [7, 11) is 0. The van der Waals surface area contributed by atoms with Crippen LogP contribution in [0.15, 0.2) is 0 Å². The van der Waals surface area contributed by atoms with Gasteiger partial charge in [-0.3, -0.25) is 4.90 Å². The zero-order chi connectivity index (χ0) is 13.3. The van der Waals surface area contributed by atoms with Crippen molar-refractivity contribution in [3.63, 3.8) is 0 Å². The maximum absolute atomic E-state index is 12.4. The molecular weight excluding hydrogens is 233 g/mol. The van der Waals surface area contributed by atoms with Crippen molar-refractivity contribution < 1.29 is 18.3 Å². The predicted octanol–water partition coefficient (Wildman–Crippen LogP) is 1.36. The number of hydrogen-bond donors (Lipinski definition) is 2. The molecule has 1 unspecified atom stereocenters. The quantitative estimate of drug-likeness (QED) is 0.752. The van der Waals surface area contributed by atoms with Crippen LogP contribution in [0.5, 0.6) is 0 Å². The Labute approximate surface area is 99.8 Å². The number of hydrogen-bond acceptors (Lipinski definition) is 3. The van der Waals surface area contributed by atoms with Crippen molar-refractivity contribution >= 4 is 0 Å². The van der Waals surface area contributed by atoms with E-state index in [1.165, 1.54) is 4.90 Å². The molecule has 17 heavy (non-hydrogen) atoms. The molecular formula is C11H21F3N2O. The molecule has 1 atom stereocenters. The van der Waals surface area contributed by atoms with E-state index < -0.39 is 18.3 Å². The molecule has 1 fully saturated rings. The molecule has 0 amide bonds. The Morgan fingerprint density at radius 3 is 2.12 bits per heavy atom. The molecule has 0 aromatic rings. The first kappa shape index (κ1) is 14.7. The Bertz CT molecular complexity index is 254. The second-order valence-corrected chi connectivity index (χ2v) is 5.20. The molecule has 102 valence electrons. The molecule has 1 aliphatic carbocycles. The van der Waals surface area contributed by atoms with Gasteiger partial charge in [0.25, 0.3) is 0 Å². The van der Waals surface area contributed by atoms with E-state index >= 15 is 0 Å². The summed E-state index contributed by atoms with van der Waals surface area (Å²) in [5.41, 5.74) is 4.33. The minimum absolute atomic E-state index is 0.00859. The van der Waals surface area contributed by atoms with Crippen LogP contribution in [0.1, 0.15) is 26.7 Å². The van der Waals surface area contributed by atoms with Crippen molar-refractivity contribution in [1.29, 1.82) is 0 Å². The van der Waals surface area contributed by atoms with Crippen LogP contribution in [0.25, 0.3) is 0 Å². The highest BCUT2D eigenvalue weighted by molar-refractivity contribution is 4.98. The Balaban J connectivity index is 2.65. The van der Waals surface area contributed by atoms with Crippen molar-refractivity contribution in [2.45, 2.75) is 44.5 Å². The average molecular weight is 254 g/mol. The normalized spacial score (nSPS) is 21.0. The third-order valence-electron chi connectivity index (χ3n) is 3.28. The molecule has 3 N–H and O–H groups in total. The van der Waals surface area contributed by atoms with Crippen LogP contribution in [0.2, 0.25) is 0 Å². The highest BCUT2D eigenvalue weighted by Crippen LogP contribution is 2.40. The van der Waals surface area contributed by atoms with Crippen molar-refractivity contribution in [2.24, 2.45) is 11.7 Å². The molecule has 0 aromatic carbocycles. The van der Waals surface area contributed by atoms with Gasteiger partial charge in [-0.05, 0) is 32.6 Å². The maximum atomic E-state index is 12.4. The molecule has 0 aliphatic heterocycles. The summed E-state index contributed by atoms with van der Waals surface area (Å²) < 4.78 is 37.2. The van der Waals surface area contributed by atoms with Gasteiger partial charge < -0.3 is 10.8 Å². The highest BCUT2D eigenvalue weighted by Gasteiger charge is 2.45. The third kappa shape index (κ3) is 4.44. The molecule has 0 spiro atoms. The summed E-state index contributed by atoms with van der Waals surface area (Å²) in [6, 6.07) is -0.270. The SMILES string of the molecule is CC(C)N(CC(F)(F)F)CC(O)(CN)C1CC1. The van der Waals surface area contributed by atoms with E-state index in [-0.39, 0.29) is 25.0 Å². The van der Waals surface area contributed by atoms with Crippen LogP contribution in [0, 0.1) is 5.92 Å². The summed E-state index contributed by atoms with van der Waals surface area (Å²) in [4.78, 5) is 1.24. The first-order valence-corrected chi connectivity index (χ1v) is 5.91. The topological polar surface area (TPSA) is 49.5 Å². The number of aliphatic hydroxyl groups is 1. The first-order valence-electron chi connectivity index (χ1n) is 5.91. The minimum Gasteiger partial charge on any atom is -0.387 e. The number of nitrogens with two attached hydrogens (primary N) is 1. The molecule has 1 saturated carbocycles. The van der Waals surface area contributed by atoms with E-state index in [0.29, 0.717) is 0 Å². The van der Waals surface area contributed by atoms with Gasteiger partial charge in [0.05, 0.1) is 12.1 Å². The number of halogens is 3. The van der Waals surface area contributed by atoms with Crippen LogP contribution in [0.4, 0.5) is 13.2 Å². The van der Waals surface area contributed by atoms with Gasteiger partial charge in [-0.2, -0.15) is 13.2 Å². The third-order valence-corrected chi connectivity index (χ3v) is 3.28. The number of alkyl halides is 3. The van der Waals surface area contributed by atoms with Gasteiger partial charge in [-0.15, -0.1) is 0 Å². The standard InChI is InChI=1S/C11H21F3N2O/c1-8(2)16(7-11(12,13)14)6-10(17,5-15)9-3-4-9/h8-9,17H,3-7,15H2,1-2H3. The molecule has 6 heteroatoms. The van der Waals surface area contributed by atoms with Gasteiger partial charge in [-0.1, -0.05) is 0 Å². The minimum atomic E-state index is -4.25. The fraction of sp³-hybridized carbons (Fsp3) is 1.00. The lowest BCUT2D eigenvalue weighted by molar-refractivity contribution is -0.157. The fourth-order valence-electron chi connectivity index (χ4n) is 1.98. The van der Waals surface area contributed by atoms with E-state index in [2.05, 4.69) is 0 Å². The maximum Gasteiger partial charge on any atom is 0.401 e. The Hall–Kier alpha value is -0.330. The fourth-order valence-corrected chi connectivity index (χ4v) is 1.98. The van der Waals surface area contributed by atoms with Gasteiger partial charge in [0.2, 0.25) is 0 Å². The smallest absolute Gasteiger partial charge is 0.387 e. The summed E-state index contributed by atoms with van der Waals surface area (Å²) >= 11 is 0. The van der Waals surface area contributed by atoms with Crippen LogP contribution in [-0.4, -0.2) is 47.5 Å². The number of rotatable bonds is 6. The van der Waals surface area contributed by atoms with E-state index in [0.717, 1.165) is 12.8 Å². The van der Waals surface area contributed by atoms with E-state index in [1.54, 1.807) is 13.8 Å². The van der Waals surface area contributed by atoms with Crippen LogP contribution >= 0.6 is 0 Å². The molecule has 3 nitrogen and oxygen atoms in total. The van der Waals surface area contributed by atoms with Gasteiger partial charge in [0, 0.05) is 19.1 Å². The Morgan fingerprint density at radius 1 is 1.29 bits per heavy atom. The summed E-state index contributed by atoms with van der Waals surface area (Å²) in [6.45, 7) is 2.38. The number of nitrogens with zero attached hydrogens (tertiary/aromatic N) is 1. The monoisotopic (exact) mass is 254 g/mol. The Morgan fingerprint density at radius 2 is 1.82 bits per heavy atom. The molecule has 0 saturated heterocycles. The molecule has 0 aromatic heterocycles. The molecule has 0 radical (unpaired) electrons. The molecule has 1 aliphatic rings. The first-order chi connectivity index (χ1) is 7.68. The van der Waals surface area contributed by atoms with Crippen molar-refractivity contribution in [1.82, 2.24) is 4.90 Å². The van der Waals surface area contributed by atoms with E-state index in [9.17, 15) is 18.3 Å². The van der Waals surface area contributed by atoms with Crippen LogP contribution < -0.4 is 5.73 Å². The van der Waals surface area contributed by atoms with E-state index in [4.69, 9.17) is 5.73 Å². The van der Waals surface area contributed by atoms with Gasteiger partial charge >= 0.3 is 6.18 Å². The summed E-state index contributed by atoms with van der Waals surface area (Å²) in [5, 5.41) is 10.2. The lowest BCUT2D eigenvalue weighted by atomic mass is 9.96. The molecule has 1 rings (SSSR count). The van der Waals surface area contributed by atoms with Crippen LogP contribution in [-0.2, 0) is 0 Å². The van der Waals surface area contributed by atoms with Crippen molar-refractivity contribution in [2.75, 3.05) is 19.6 Å². The van der Waals surface area contributed by atoms with Gasteiger partial charge in [0.1, 0.15) is 0 Å². The largest absolute Gasteiger partial charge is 0.401 e. The molecule has 0 bridgehead atoms. The highest BCUT2D eigenvalue weighted by atomic mass is 19.4. The lowest BCUT2D eigenvalue weighted by Gasteiger charge is -2.36. The Kier molecular flexibility index (Phi) is 4.43. The second-order valence-electron chi connectivity index (χ2n) is 5.20. The predicted molar refractivity (Wildman–Crippen MR) is 59.5 cm³/mol. The van der Waals surface area contributed by atoms with Crippen molar-refractivity contribution in [3.8, 4) is 0 Å². The zero-order valence-electron chi connectivity index (χ0n) is 10.3. The van der Waals surface area contributed by atoms with Gasteiger partial charge in [0.15, 0.2) is 0 Å². The second kappa shape index (κ2) is 5.12. The van der Waals surface area contributed by atoms with E-state index in [1.807, 2.05) is 0 Å². The molecule has 0 heterocycles. The summed E-state index contributed by atoms with van der Waals surface area (Å²) in [5.74, 6) is 0.0574. The van der Waals surface area contributed by atoms with Gasteiger partial charge in [-0.25, -0.2) is 0 Å². The average Bonchev–Trinajstić information content (AvgIpc) is 2.97. The zero-order valence-corrected chi connectivity index (χ0v) is 10.3. The summed E-state index contributed by atoms with van der Waals surface area (Å²) in [6.07, 6.45) is -2.54. The van der Waals surface area contributed by atoms with Crippen molar-refractivity contribution in [3.05, 3.63) is 0 Å². The lowest BCUT2D eigenvalue weighted by Crippen LogP contribution is -2.53. The van der Waals surface area contributed by atoms with Crippen LogP contribution in [0.3, 0.4) is 0 Å².